The van der Waals surface area contributed by atoms with Crippen LogP contribution in [0.5, 0.6) is 0 Å². The van der Waals surface area contributed by atoms with Gasteiger partial charge in [0.25, 0.3) is 0 Å². The number of likely N-dealkylation sites (tertiary alicyclic amines) is 1. The van der Waals surface area contributed by atoms with Crippen molar-refractivity contribution in [2.75, 3.05) is 26.2 Å². The summed E-state index contributed by atoms with van der Waals surface area (Å²) in [6, 6.07) is 0. The van der Waals surface area contributed by atoms with Gasteiger partial charge in [0.2, 0.25) is 5.91 Å². The number of alkyl carbamates (subject to hydrolysis) is 1. The second-order valence-electron chi connectivity index (χ2n) is 5.93. The molecule has 1 heterocycles. The average molecular weight is 271 g/mol. The molecular weight excluding hydrogens is 246 g/mol. The largest absolute Gasteiger partial charge is 0.444 e. The number of hydrogen-bond acceptors (Lipinski definition) is 4. The molecule has 3 N–H and O–H groups in total. The summed E-state index contributed by atoms with van der Waals surface area (Å²) in [6.45, 7) is 7.48. The van der Waals surface area contributed by atoms with Crippen LogP contribution in [0.2, 0.25) is 0 Å². The van der Waals surface area contributed by atoms with Gasteiger partial charge in [-0.05, 0) is 39.5 Å². The molecule has 0 spiro atoms. The molecule has 1 rings (SSSR count). The number of rotatable bonds is 3. The van der Waals surface area contributed by atoms with E-state index in [1.165, 1.54) is 0 Å². The summed E-state index contributed by atoms with van der Waals surface area (Å²) in [5, 5.41) is 2.76. The van der Waals surface area contributed by atoms with Crippen molar-refractivity contribution in [3.05, 3.63) is 0 Å². The van der Waals surface area contributed by atoms with E-state index >= 15 is 0 Å². The molecule has 19 heavy (non-hydrogen) atoms. The Kier molecular flexibility index (Phi) is 5.60. The van der Waals surface area contributed by atoms with Gasteiger partial charge in [-0.2, -0.15) is 0 Å². The summed E-state index contributed by atoms with van der Waals surface area (Å²) < 4.78 is 5.17. The lowest BCUT2D eigenvalue weighted by atomic mass is 9.98. The molecular formula is C13H25N3O3. The number of hydrogen-bond donors (Lipinski definition) is 2. The van der Waals surface area contributed by atoms with Gasteiger partial charge in [-0.3, -0.25) is 4.79 Å². The van der Waals surface area contributed by atoms with Crippen molar-refractivity contribution in [2.24, 2.45) is 11.7 Å². The molecule has 0 aromatic heterocycles. The van der Waals surface area contributed by atoms with Crippen molar-refractivity contribution >= 4 is 12.0 Å². The van der Waals surface area contributed by atoms with Crippen LogP contribution in [-0.4, -0.2) is 48.7 Å². The van der Waals surface area contributed by atoms with E-state index in [0.717, 1.165) is 19.4 Å². The van der Waals surface area contributed by atoms with E-state index in [1.807, 2.05) is 20.8 Å². The molecule has 0 aromatic rings. The molecule has 6 heteroatoms. The van der Waals surface area contributed by atoms with Gasteiger partial charge in [0.15, 0.2) is 0 Å². The normalized spacial score (nSPS) is 20.0. The molecule has 0 bridgehead atoms. The number of carbonyl (C=O) groups excluding carboxylic acids is 2. The Hall–Kier alpha value is -1.30. The zero-order valence-electron chi connectivity index (χ0n) is 12.1. The quantitative estimate of drug-likeness (QED) is 0.791. The van der Waals surface area contributed by atoms with E-state index in [4.69, 9.17) is 10.5 Å². The fourth-order valence-electron chi connectivity index (χ4n) is 2.13. The van der Waals surface area contributed by atoms with Crippen LogP contribution in [0.4, 0.5) is 4.79 Å². The highest BCUT2D eigenvalue weighted by Gasteiger charge is 2.24. The molecule has 0 saturated carbocycles. The summed E-state index contributed by atoms with van der Waals surface area (Å²) in [5.74, 6) is 0.249. The molecule has 2 amide bonds. The van der Waals surface area contributed by atoms with E-state index in [2.05, 4.69) is 5.32 Å². The number of nitrogens with zero attached hydrogens (tertiary/aromatic N) is 1. The fraction of sp³-hybridized carbons (Fsp3) is 0.846. The Balaban J connectivity index is 2.33. The van der Waals surface area contributed by atoms with Gasteiger partial charge < -0.3 is 20.7 Å². The first-order chi connectivity index (χ1) is 8.81. The smallest absolute Gasteiger partial charge is 0.407 e. The Labute approximate surface area is 114 Å². The van der Waals surface area contributed by atoms with Crippen LogP contribution in [0.25, 0.3) is 0 Å². The third-order valence-corrected chi connectivity index (χ3v) is 2.98. The van der Waals surface area contributed by atoms with Crippen molar-refractivity contribution in [3.8, 4) is 0 Å². The Bertz CT molecular complexity index is 326. The molecule has 0 aromatic carbocycles. The number of carbonyl (C=O) groups is 2. The molecule has 0 radical (unpaired) electrons. The highest BCUT2D eigenvalue weighted by molar-refractivity contribution is 5.78. The summed E-state index contributed by atoms with van der Waals surface area (Å²) in [4.78, 5) is 24.8. The van der Waals surface area contributed by atoms with E-state index in [1.54, 1.807) is 4.90 Å². The van der Waals surface area contributed by atoms with Crippen LogP contribution in [0.15, 0.2) is 0 Å². The van der Waals surface area contributed by atoms with Gasteiger partial charge in [0.05, 0.1) is 6.54 Å². The third-order valence-electron chi connectivity index (χ3n) is 2.98. The first kappa shape index (κ1) is 15.8. The van der Waals surface area contributed by atoms with Crippen molar-refractivity contribution < 1.29 is 14.3 Å². The van der Waals surface area contributed by atoms with Crippen molar-refractivity contribution in [1.82, 2.24) is 10.2 Å². The first-order valence-corrected chi connectivity index (χ1v) is 6.76. The Morgan fingerprint density at radius 2 is 2.11 bits per heavy atom. The second-order valence-corrected chi connectivity index (χ2v) is 5.93. The van der Waals surface area contributed by atoms with Crippen molar-refractivity contribution in [2.45, 2.75) is 39.2 Å². The van der Waals surface area contributed by atoms with Gasteiger partial charge >= 0.3 is 6.09 Å². The molecule has 6 nitrogen and oxygen atoms in total. The van der Waals surface area contributed by atoms with E-state index in [9.17, 15) is 9.59 Å². The minimum atomic E-state index is -0.488. The van der Waals surface area contributed by atoms with Crippen LogP contribution in [0, 0.1) is 5.92 Å². The minimum Gasteiger partial charge on any atom is -0.444 e. The number of piperidine rings is 1. The third kappa shape index (κ3) is 5.92. The Morgan fingerprint density at radius 3 is 2.68 bits per heavy atom. The lowest BCUT2D eigenvalue weighted by molar-refractivity contribution is -0.131. The highest BCUT2D eigenvalue weighted by Crippen LogP contribution is 2.16. The topological polar surface area (TPSA) is 84.7 Å². The van der Waals surface area contributed by atoms with E-state index < -0.39 is 11.7 Å². The molecule has 1 unspecified atom stereocenters. The lowest BCUT2D eigenvalue weighted by Gasteiger charge is -2.32. The monoisotopic (exact) mass is 271 g/mol. The number of amides is 2. The van der Waals surface area contributed by atoms with E-state index in [0.29, 0.717) is 13.1 Å². The maximum atomic E-state index is 11.5. The van der Waals surface area contributed by atoms with Gasteiger partial charge in [0, 0.05) is 19.6 Å². The van der Waals surface area contributed by atoms with Gasteiger partial charge in [-0.1, -0.05) is 0 Å². The Morgan fingerprint density at radius 1 is 1.42 bits per heavy atom. The summed E-state index contributed by atoms with van der Waals surface area (Å²) >= 11 is 0. The second kappa shape index (κ2) is 6.75. The first-order valence-electron chi connectivity index (χ1n) is 6.76. The van der Waals surface area contributed by atoms with Gasteiger partial charge in [0.1, 0.15) is 5.60 Å². The molecule has 1 atom stereocenters. The molecule has 0 aliphatic carbocycles. The highest BCUT2D eigenvalue weighted by atomic mass is 16.6. The predicted octanol–water partition coefficient (Wildman–Crippen LogP) is 0.708. The van der Waals surface area contributed by atoms with Crippen LogP contribution in [0.1, 0.15) is 33.6 Å². The maximum Gasteiger partial charge on any atom is 0.407 e. The number of nitrogens with two attached hydrogens (primary N) is 1. The van der Waals surface area contributed by atoms with Crippen molar-refractivity contribution in [3.63, 3.8) is 0 Å². The SMILES string of the molecule is CC(C)(C)OC(=O)NCC1CCCN(C(=O)CN)C1. The fourth-order valence-corrected chi connectivity index (χ4v) is 2.13. The zero-order chi connectivity index (χ0) is 14.5. The van der Waals surface area contributed by atoms with Crippen LogP contribution in [0.3, 0.4) is 0 Å². The summed E-state index contributed by atoms with van der Waals surface area (Å²) in [6.07, 6.45) is 1.55. The van der Waals surface area contributed by atoms with Gasteiger partial charge in [-0.15, -0.1) is 0 Å². The number of ether oxygens (including phenoxy) is 1. The zero-order valence-corrected chi connectivity index (χ0v) is 12.1. The molecule has 110 valence electrons. The van der Waals surface area contributed by atoms with Crippen LogP contribution >= 0.6 is 0 Å². The summed E-state index contributed by atoms with van der Waals surface area (Å²) in [7, 11) is 0. The average Bonchev–Trinajstić information content (AvgIpc) is 2.34. The number of nitrogens with one attached hydrogen (secondary N) is 1. The van der Waals surface area contributed by atoms with Crippen LogP contribution in [-0.2, 0) is 9.53 Å². The van der Waals surface area contributed by atoms with Gasteiger partial charge in [-0.25, -0.2) is 4.79 Å². The molecule has 1 aliphatic heterocycles. The standard InChI is InChI=1S/C13H25N3O3/c1-13(2,3)19-12(18)15-8-10-5-4-6-16(9-10)11(17)7-14/h10H,4-9,14H2,1-3H3,(H,15,18). The van der Waals surface area contributed by atoms with Crippen molar-refractivity contribution in [1.29, 1.82) is 0 Å². The minimum absolute atomic E-state index is 0.0260. The molecule has 1 saturated heterocycles. The maximum absolute atomic E-state index is 11.5. The lowest BCUT2D eigenvalue weighted by Crippen LogP contribution is -2.46. The summed E-state index contributed by atoms with van der Waals surface area (Å²) in [5.41, 5.74) is 4.87. The predicted molar refractivity (Wildman–Crippen MR) is 72.6 cm³/mol. The molecule has 1 aliphatic rings. The van der Waals surface area contributed by atoms with E-state index in [-0.39, 0.29) is 18.4 Å². The molecule has 1 fully saturated rings. The van der Waals surface area contributed by atoms with Crippen LogP contribution < -0.4 is 11.1 Å².